The van der Waals surface area contributed by atoms with Crippen LogP contribution in [-0.2, 0) is 20.7 Å². The Morgan fingerprint density at radius 1 is 0.963 bits per heavy atom. The van der Waals surface area contributed by atoms with E-state index in [1.807, 2.05) is 53.2 Å². The highest BCUT2D eigenvalue weighted by atomic mass is 32.1. The van der Waals surface area contributed by atoms with Crippen LogP contribution in [0.1, 0.15) is 12.0 Å². The summed E-state index contributed by atoms with van der Waals surface area (Å²) in [4.78, 5) is 23.9. The lowest BCUT2D eigenvalue weighted by Gasteiger charge is -2.12. The summed E-state index contributed by atoms with van der Waals surface area (Å²) in [6, 6.07) is 18.4. The van der Waals surface area contributed by atoms with Crippen LogP contribution in [0.15, 0.2) is 71.4 Å². The predicted molar refractivity (Wildman–Crippen MR) is 105 cm³/mol. The van der Waals surface area contributed by atoms with Gasteiger partial charge < -0.3 is 14.8 Å². The van der Waals surface area contributed by atoms with Gasteiger partial charge in [-0.3, -0.25) is 9.59 Å². The first-order chi connectivity index (χ1) is 13.2. The lowest BCUT2D eigenvalue weighted by atomic mass is 10.2. The molecule has 0 fully saturated rings. The van der Waals surface area contributed by atoms with E-state index >= 15 is 0 Å². The van der Waals surface area contributed by atoms with Crippen LogP contribution in [0.5, 0.6) is 11.5 Å². The zero-order valence-corrected chi connectivity index (χ0v) is 15.4. The minimum Gasteiger partial charge on any atom is -0.456 e. The molecule has 1 amide bonds. The molecule has 138 valence electrons. The van der Waals surface area contributed by atoms with Gasteiger partial charge in [0.25, 0.3) is 5.91 Å². The van der Waals surface area contributed by atoms with Gasteiger partial charge in [0.1, 0.15) is 5.75 Å². The van der Waals surface area contributed by atoms with E-state index in [0.717, 1.165) is 5.56 Å². The van der Waals surface area contributed by atoms with E-state index in [2.05, 4.69) is 5.32 Å². The van der Waals surface area contributed by atoms with Gasteiger partial charge in [0.2, 0.25) is 0 Å². The van der Waals surface area contributed by atoms with Gasteiger partial charge in [0.15, 0.2) is 12.4 Å². The Bertz CT molecular complexity index is 878. The number of ether oxygens (including phenoxy) is 2. The van der Waals surface area contributed by atoms with Gasteiger partial charge in [-0.05, 0) is 53.1 Å². The molecule has 1 heterocycles. The number of anilines is 1. The number of nitrogens with one attached hydrogen (secondary N) is 1. The van der Waals surface area contributed by atoms with Crippen LogP contribution in [0.4, 0.5) is 5.69 Å². The maximum atomic E-state index is 12.1. The van der Waals surface area contributed by atoms with Gasteiger partial charge >= 0.3 is 5.97 Å². The molecule has 0 aliphatic heterocycles. The zero-order chi connectivity index (χ0) is 18.9. The minimum absolute atomic E-state index is 0.248. The molecule has 2 aromatic carbocycles. The molecular weight excluding hydrogens is 362 g/mol. The molecule has 0 bridgehead atoms. The molecule has 6 heteroatoms. The van der Waals surface area contributed by atoms with Crippen molar-refractivity contribution in [2.24, 2.45) is 0 Å². The van der Waals surface area contributed by atoms with Gasteiger partial charge in [0, 0.05) is 6.42 Å². The fourth-order valence-electron chi connectivity index (χ4n) is 2.36. The number of rotatable bonds is 8. The van der Waals surface area contributed by atoms with Crippen molar-refractivity contribution >= 4 is 28.9 Å². The molecule has 1 aromatic heterocycles. The van der Waals surface area contributed by atoms with Crippen LogP contribution in [0.2, 0.25) is 0 Å². The minimum atomic E-state index is -0.414. The van der Waals surface area contributed by atoms with E-state index < -0.39 is 11.9 Å². The third-order valence-electron chi connectivity index (χ3n) is 3.69. The fourth-order valence-corrected chi connectivity index (χ4v) is 3.06. The number of hydrogen-bond acceptors (Lipinski definition) is 5. The molecule has 3 aromatic rings. The Morgan fingerprint density at radius 2 is 1.74 bits per heavy atom. The van der Waals surface area contributed by atoms with Gasteiger partial charge in [-0.1, -0.05) is 30.3 Å². The average molecular weight is 381 g/mol. The molecular formula is C21H19NO4S. The van der Waals surface area contributed by atoms with E-state index in [0.29, 0.717) is 23.6 Å². The SMILES string of the molecule is O=C(COC(=O)CCc1ccsc1)Nc1ccccc1Oc1ccccc1. The summed E-state index contributed by atoms with van der Waals surface area (Å²) in [5.74, 6) is 0.369. The van der Waals surface area contributed by atoms with Crippen molar-refractivity contribution in [1.82, 2.24) is 0 Å². The normalized spacial score (nSPS) is 10.2. The van der Waals surface area contributed by atoms with Crippen LogP contribution in [-0.4, -0.2) is 18.5 Å². The molecule has 27 heavy (non-hydrogen) atoms. The lowest BCUT2D eigenvalue weighted by Crippen LogP contribution is -2.21. The summed E-state index contributed by atoms with van der Waals surface area (Å²) >= 11 is 1.58. The quantitative estimate of drug-likeness (QED) is 0.577. The first-order valence-electron chi connectivity index (χ1n) is 8.49. The molecule has 0 aliphatic carbocycles. The van der Waals surface area contributed by atoms with E-state index in [1.54, 1.807) is 29.5 Å². The molecule has 3 rings (SSSR count). The molecule has 0 spiro atoms. The molecule has 0 radical (unpaired) electrons. The summed E-state index contributed by atoms with van der Waals surface area (Å²) in [6.45, 7) is -0.331. The van der Waals surface area contributed by atoms with Crippen LogP contribution in [0, 0.1) is 0 Å². The Morgan fingerprint density at radius 3 is 2.52 bits per heavy atom. The molecule has 5 nitrogen and oxygen atoms in total. The summed E-state index contributed by atoms with van der Waals surface area (Å²) in [7, 11) is 0. The summed E-state index contributed by atoms with van der Waals surface area (Å²) in [5.41, 5.74) is 1.61. The summed E-state index contributed by atoms with van der Waals surface area (Å²) in [6.07, 6.45) is 0.857. The highest BCUT2D eigenvalue weighted by Crippen LogP contribution is 2.28. The third-order valence-corrected chi connectivity index (χ3v) is 4.43. The van der Waals surface area contributed by atoms with Crippen molar-refractivity contribution in [3.05, 3.63) is 77.0 Å². The molecule has 1 N–H and O–H groups in total. The van der Waals surface area contributed by atoms with Crippen molar-refractivity contribution in [1.29, 1.82) is 0 Å². The number of thiophene rings is 1. The van der Waals surface area contributed by atoms with Crippen molar-refractivity contribution in [2.45, 2.75) is 12.8 Å². The third kappa shape index (κ3) is 5.97. The second kappa shape index (κ2) is 9.54. The van der Waals surface area contributed by atoms with E-state index in [4.69, 9.17) is 9.47 Å². The van der Waals surface area contributed by atoms with Crippen LogP contribution < -0.4 is 10.1 Å². The van der Waals surface area contributed by atoms with Gasteiger partial charge in [-0.25, -0.2) is 0 Å². The maximum Gasteiger partial charge on any atom is 0.306 e. The molecule has 0 saturated carbocycles. The highest BCUT2D eigenvalue weighted by molar-refractivity contribution is 7.07. The predicted octanol–water partition coefficient (Wildman–Crippen LogP) is 4.65. The molecule has 0 saturated heterocycles. The van der Waals surface area contributed by atoms with Crippen molar-refractivity contribution in [2.75, 3.05) is 11.9 Å². The first kappa shape index (κ1) is 18.7. The Kier molecular flexibility index (Phi) is 6.60. The monoisotopic (exact) mass is 381 g/mol. The lowest BCUT2D eigenvalue weighted by molar-refractivity contribution is -0.147. The number of amides is 1. The van der Waals surface area contributed by atoms with Crippen LogP contribution >= 0.6 is 11.3 Å². The van der Waals surface area contributed by atoms with Crippen molar-refractivity contribution < 1.29 is 19.1 Å². The number of hydrogen-bond donors (Lipinski definition) is 1. The van der Waals surface area contributed by atoms with Crippen molar-refractivity contribution in [3.63, 3.8) is 0 Å². The van der Waals surface area contributed by atoms with Gasteiger partial charge in [-0.2, -0.15) is 11.3 Å². The Balaban J connectivity index is 1.49. The number of para-hydroxylation sites is 3. The van der Waals surface area contributed by atoms with Crippen LogP contribution in [0.3, 0.4) is 0 Å². The number of aryl methyl sites for hydroxylation is 1. The number of esters is 1. The average Bonchev–Trinajstić information content (AvgIpc) is 3.21. The largest absolute Gasteiger partial charge is 0.456 e. The zero-order valence-electron chi connectivity index (χ0n) is 14.6. The van der Waals surface area contributed by atoms with Gasteiger partial charge in [-0.15, -0.1) is 0 Å². The smallest absolute Gasteiger partial charge is 0.306 e. The standard InChI is InChI=1S/C21H19NO4S/c23-20(14-25-21(24)11-10-16-12-13-27-15-16)22-18-8-4-5-9-19(18)26-17-6-2-1-3-7-17/h1-9,12-13,15H,10-11,14H2,(H,22,23). The Hall–Kier alpha value is -3.12. The Labute approximate surface area is 161 Å². The van der Waals surface area contributed by atoms with E-state index in [-0.39, 0.29) is 13.0 Å². The molecule has 0 unspecified atom stereocenters. The number of carbonyl (C=O) groups excluding carboxylic acids is 2. The maximum absolute atomic E-state index is 12.1. The van der Waals surface area contributed by atoms with E-state index in [9.17, 15) is 9.59 Å². The summed E-state index contributed by atoms with van der Waals surface area (Å²) in [5, 5.41) is 6.67. The molecule has 0 aliphatic rings. The van der Waals surface area contributed by atoms with Gasteiger partial charge in [0.05, 0.1) is 5.69 Å². The number of benzene rings is 2. The molecule has 0 atom stereocenters. The first-order valence-corrected chi connectivity index (χ1v) is 9.43. The second-order valence-corrected chi connectivity index (χ2v) is 6.53. The van der Waals surface area contributed by atoms with Crippen molar-refractivity contribution in [3.8, 4) is 11.5 Å². The summed E-state index contributed by atoms with van der Waals surface area (Å²) < 4.78 is 10.8. The van der Waals surface area contributed by atoms with Crippen LogP contribution in [0.25, 0.3) is 0 Å². The number of carbonyl (C=O) groups is 2. The topological polar surface area (TPSA) is 64.6 Å². The highest BCUT2D eigenvalue weighted by Gasteiger charge is 2.11. The van der Waals surface area contributed by atoms with E-state index in [1.165, 1.54) is 0 Å². The second-order valence-electron chi connectivity index (χ2n) is 5.75. The fraction of sp³-hybridized carbons (Fsp3) is 0.143.